The van der Waals surface area contributed by atoms with Crippen LogP contribution in [0.15, 0.2) is 36.5 Å². The number of nitrogens with zero attached hydrogens (tertiary/aromatic N) is 1. The normalized spacial score (nSPS) is 10.8. The number of fused-ring (bicyclic) bond motifs is 1. The molecule has 0 saturated carbocycles. The highest BCUT2D eigenvalue weighted by atomic mass is 19.1. The zero-order valence-electron chi connectivity index (χ0n) is 10.4. The van der Waals surface area contributed by atoms with E-state index in [1.165, 1.54) is 6.07 Å². The molecule has 0 fully saturated rings. The Morgan fingerprint density at radius 1 is 1.21 bits per heavy atom. The molecule has 0 atom stereocenters. The van der Waals surface area contributed by atoms with Crippen molar-refractivity contribution in [1.82, 2.24) is 10.2 Å². The molecule has 2 aromatic carbocycles. The number of benzene rings is 2. The average Bonchev–Trinajstić information content (AvgIpc) is 2.81. The second-order valence-corrected chi connectivity index (χ2v) is 4.51. The van der Waals surface area contributed by atoms with Gasteiger partial charge < -0.3 is 11.1 Å². The van der Waals surface area contributed by atoms with E-state index in [9.17, 15) is 4.39 Å². The van der Waals surface area contributed by atoms with Crippen molar-refractivity contribution in [3.63, 3.8) is 0 Å². The molecule has 0 amide bonds. The summed E-state index contributed by atoms with van der Waals surface area (Å²) in [5, 5.41) is 10.7. The number of anilines is 3. The predicted molar refractivity (Wildman–Crippen MR) is 74.9 cm³/mol. The fraction of sp³-hybridized carbons (Fsp3) is 0.0714. The lowest BCUT2D eigenvalue weighted by atomic mass is 10.1. The van der Waals surface area contributed by atoms with Gasteiger partial charge in [-0.3, -0.25) is 5.10 Å². The summed E-state index contributed by atoms with van der Waals surface area (Å²) in [6, 6.07) is 8.52. The van der Waals surface area contributed by atoms with Crippen molar-refractivity contribution in [2.75, 3.05) is 11.1 Å². The summed E-state index contributed by atoms with van der Waals surface area (Å²) in [5.74, 6) is -0.310. The number of hydrogen-bond donors (Lipinski definition) is 3. The van der Waals surface area contributed by atoms with Crippen LogP contribution in [0, 0.1) is 12.7 Å². The van der Waals surface area contributed by atoms with Crippen LogP contribution in [-0.4, -0.2) is 10.2 Å². The van der Waals surface area contributed by atoms with Gasteiger partial charge in [0, 0.05) is 5.39 Å². The van der Waals surface area contributed by atoms with Crippen molar-refractivity contribution in [3.8, 4) is 0 Å². The van der Waals surface area contributed by atoms with Crippen LogP contribution in [0.1, 0.15) is 5.56 Å². The van der Waals surface area contributed by atoms with Gasteiger partial charge in [0.05, 0.1) is 28.8 Å². The van der Waals surface area contributed by atoms with Gasteiger partial charge in [-0.05, 0) is 36.8 Å². The number of halogens is 1. The summed E-state index contributed by atoms with van der Waals surface area (Å²) >= 11 is 0. The van der Waals surface area contributed by atoms with Crippen molar-refractivity contribution < 1.29 is 4.39 Å². The number of aromatic amines is 1. The van der Waals surface area contributed by atoms with E-state index in [2.05, 4.69) is 15.5 Å². The molecule has 0 unspecified atom stereocenters. The van der Waals surface area contributed by atoms with Crippen LogP contribution in [0.2, 0.25) is 0 Å². The number of nitrogen functional groups attached to an aromatic ring is 1. The standard InChI is InChI=1S/C14H13FN4/c1-8-2-3-10(15)13(4-8)18-14-6-12-9(5-11(14)16)7-17-19-12/h2-7,18H,16H2,1H3,(H,17,19). The first-order valence-corrected chi connectivity index (χ1v) is 5.89. The molecule has 0 saturated heterocycles. The molecule has 0 aliphatic rings. The van der Waals surface area contributed by atoms with E-state index in [4.69, 9.17) is 5.73 Å². The predicted octanol–water partition coefficient (Wildman–Crippen LogP) is 3.34. The van der Waals surface area contributed by atoms with E-state index in [0.29, 0.717) is 17.1 Å². The molecule has 0 radical (unpaired) electrons. The zero-order valence-corrected chi connectivity index (χ0v) is 10.4. The minimum absolute atomic E-state index is 0.310. The third-order valence-corrected chi connectivity index (χ3v) is 3.00. The van der Waals surface area contributed by atoms with Gasteiger partial charge in [-0.15, -0.1) is 0 Å². The third kappa shape index (κ3) is 2.10. The van der Waals surface area contributed by atoms with E-state index < -0.39 is 0 Å². The van der Waals surface area contributed by atoms with E-state index >= 15 is 0 Å². The zero-order chi connectivity index (χ0) is 13.4. The minimum atomic E-state index is -0.310. The van der Waals surface area contributed by atoms with Gasteiger partial charge in [0.25, 0.3) is 0 Å². The van der Waals surface area contributed by atoms with Crippen molar-refractivity contribution in [2.24, 2.45) is 0 Å². The summed E-state index contributed by atoms with van der Waals surface area (Å²) in [7, 11) is 0. The van der Waals surface area contributed by atoms with Crippen molar-refractivity contribution in [1.29, 1.82) is 0 Å². The number of rotatable bonds is 2. The van der Waals surface area contributed by atoms with Gasteiger partial charge in [0.1, 0.15) is 5.82 Å². The van der Waals surface area contributed by atoms with Crippen LogP contribution in [0.25, 0.3) is 10.9 Å². The quantitative estimate of drug-likeness (QED) is 0.616. The number of aromatic nitrogens is 2. The van der Waals surface area contributed by atoms with Crippen LogP contribution in [-0.2, 0) is 0 Å². The van der Waals surface area contributed by atoms with E-state index in [0.717, 1.165) is 16.5 Å². The summed E-state index contributed by atoms with van der Waals surface area (Å²) in [5.41, 5.74) is 9.40. The molecule has 0 aliphatic carbocycles. The Hall–Kier alpha value is -2.56. The van der Waals surface area contributed by atoms with Crippen LogP contribution in [0.5, 0.6) is 0 Å². The van der Waals surface area contributed by atoms with E-state index in [-0.39, 0.29) is 5.82 Å². The molecular weight excluding hydrogens is 243 g/mol. The molecule has 0 spiro atoms. The molecule has 96 valence electrons. The summed E-state index contributed by atoms with van der Waals surface area (Å²) in [6.45, 7) is 1.91. The molecule has 4 nitrogen and oxygen atoms in total. The van der Waals surface area contributed by atoms with Gasteiger partial charge in [-0.25, -0.2) is 4.39 Å². The lowest BCUT2D eigenvalue weighted by Crippen LogP contribution is -1.98. The van der Waals surface area contributed by atoms with Crippen LogP contribution >= 0.6 is 0 Å². The first kappa shape index (κ1) is 11.5. The van der Waals surface area contributed by atoms with Gasteiger partial charge in [-0.1, -0.05) is 6.07 Å². The maximum atomic E-state index is 13.7. The van der Waals surface area contributed by atoms with Gasteiger partial charge in [0.2, 0.25) is 0 Å². The fourth-order valence-corrected chi connectivity index (χ4v) is 2.00. The van der Waals surface area contributed by atoms with E-state index in [1.54, 1.807) is 24.4 Å². The SMILES string of the molecule is Cc1ccc(F)c(Nc2cc3[nH]ncc3cc2N)c1. The molecule has 4 N–H and O–H groups in total. The summed E-state index contributed by atoms with van der Waals surface area (Å²) in [6.07, 6.45) is 1.70. The monoisotopic (exact) mass is 256 g/mol. The Labute approximate surface area is 109 Å². The van der Waals surface area contributed by atoms with Crippen molar-refractivity contribution in [3.05, 3.63) is 47.9 Å². The fourth-order valence-electron chi connectivity index (χ4n) is 2.00. The van der Waals surface area contributed by atoms with Crippen LogP contribution < -0.4 is 11.1 Å². The number of H-pyrrole nitrogens is 1. The number of nitrogens with two attached hydrogens (primary N) is 1. The van der Waals surface area contributed by atoms with Crippen molar-refractivity contribution >= 4 is 28.0 Å². The van der Waals surface area contributed by atoms with Crippen molar-refractivity contribution in [2.45, 2.75) is 6.92 Å². The Morgan fingerprint density at radius 3 is 2.89 bits per heavy atom. The lowest BCUT2D eigenvalue weighted by molar-refractivity contribution is 0.631. The molecule has 5 heteroatoms. The first-order chi connectivity index (χ1) is 9.13. The topological polar surface area (TPSA) is 66.7 Å². The van der Waals surface area contributed by atoms with Crippen LogP contribution in [0.3, 0.4) is 0 Å². The second kappa shape index (κ2) is 4.28. The molecule has 1 aromatic heterocycles. The average molecular weight is 256 g/mol. The Morgan fingerprint density at radius 2 is 2.05 bits per heavy atom. The molecule has 3 aromatic rings. The maximum Gasteiger partial charge on any atom is 0.146 e. The lowest BCUT2D eigenvalue weighted by Gasteiger charge is -2.11. The molecule has 0 aliphatic heterocycles. The van der Waals surface area contributed by atoms with Crippen LogP contribution in [0.4, 0.5) is 21.5 Å². The Kier molecular flexibility index (Phi) is 2.59. The summed E-state index contributed by atoms with van der Waals surface area (Å²) < 4.78 is 13.7. The van der Waals surface area contributed by atoms with Gasteiger partial charge in [0.15, 0.2) is 0 Å². The molecular formula is C14H13FN4. The Bertz CT molecular complexity index is 748. The Balaban J connectivity index is 2.04. The maximum absolute atomic E-state index is 13.7. The smallest absolute Gasteiger partial charge is 0.146 e. The third-order valence-electron chi connectivity index (χ3n) is 3.00. The van der Waals surface area contributed by atoms with E-state index in [1.807, 2.05) is 13.0 Å². The molecule has 0 bridgehead atoms. The number of nitrogens with one attached hydrogen (secondary N) is 2. The number of hydrogen-bond acceptors (Lipinski definition) is 3. The molecule has 19 heavy (non-hydrogen) atoms. The molecule has 1 heterocycles. The van der Waals surface area contributed by atoms with Gasteiger partial charge in [-0.2, -0.15) is 5.10 Å². The summed E-state index contributed by atoms with van der Waals surface area (Å²) in [4.78, 5) is 0. The highest BCUT2D eigenvalue weighted by Crippen LogP contribution is 2.29. The largest absolute Gasteiger partial charge is 0.397 e. The molecule has 3 rings (SSSR count). The highest BCUT2D eigenvalue weighted by molar-refractivity contribution is 5.89. The highest BCUT2D eigenvalue weighted by Gasteiger charge is 2.07. The minimum Gasteiger partial charge on any atom is -0.397 e. The first-order valence-electron chi connectivity index (χ1n) is 5.89. The number of aryl methyl sites for hydroxylation is 1. The van der Waals surface area contributed by atoms with Gasteiger partial charge >= 0.3 is 0 Å². The second-order valence-electron chi connectivity index (χ2n) is 4.51.